The summed E-state index contributed by atoms with van der Waals surface area (Å²) in [5, 5.41) is 9.55. The van der Waals surface area contributed by atoms with Gasteiger partial charge in [-0.3, -0.25) is 4.72 Å². The normalized spacial score (nSPS) is 11.4. The summed E-state index contributed by atoms with van der Waals surface area (Å²) < 4.78 is 27.7. The van der Waals surface area contributed by atoms with Crippen LogP contribution >= 0.6 is 39.1 Å². The Morgan fingerprint density at radius 3 is 2.52 bits per heavy atom. The molecular formula is C13H10BrCl2NO3S. The largest absolute Gasteiger partial charge is 0.392 e. The standard InChI is InChI=1S/C13H10BrCl2NO3S/c14-13-10(16)2-1-3-11(13)17-21(19,20)12-6-8(7-18)4-5-9(12)15/h1-6,17-18H,7H2. The molecule has 2 aromatic rings. The van der Waals surface area contributed by atoms with E-state index in [1.165, 1.54) is 12.1 Å². The van der Waals surface area contributed by atoms with E-state index < -0.39 is 10.0 Å². The van der Waals surface area contributed by atoms with E-state index in [0.29, 0.717) is 20.7 Å². The Bertz CT molecular complexity index is 781. The van der Waals surface area contributed by atoms with Gasteiger partial charge in [0, 0.05) is 0 Å². The molecule has 0 bridgehead atoms. The number of nitrogens with one attached hydrogen (secondary N) is 1. The predicted octanol–water partition coefficient (Wildman–Crippen LogP) is 4.05. The number of aliphatic hydroxyl groups excluding tert-OH is 1. The smallest absolute Gasteiger partial charge is 0.263 e. The van der Waals surface area contributed by atoms with Crippen LogP contribution in [0.15, 0.2) is 45.8 Å². The summed E-state index contributed by atoms with van der Waals surface area (Å²) in [5.74, 6) is 0. The molecule has 0 atom stereocenters. The van der Waals surface area contributed by atoms with Crippen LogP contribution in [0, 0.1) is 0 Å². The maximum absolute atomic E-state index is 12.4. The maximum Gasteiger partial charge on any atom is 0.263 e. The van der Waals surface area contributed by atoms with Gasteiger partial charge >= 0.3 is 0 Å². The van der Waals surface area contributed by atoms with Crippen molar-refractivity contribution >= 4 is 54.8 Å². The number of hydrogen-bond acceptors (Lipinski definition) is 3. The number of anilines is 1. The van der Waals surface area contributed by atoms with Gasteiger partial charge in [0.05, 0.1) is 26.8 Å². The monoisotopic (exact) mass is 409 g/mol. The highest BCUT2D eigenvalue weighted by molar-refractivity contribution is 9.10. The quantitative estimate of drug-likeness (QED) is 0.798. The van der Waals surface area contributed by atoms with Crippen molar-refractivity contribution < 1.29 is 13.5 Å². The molecule has 0 aromatic heterocycles. The maximum atomic E-state index is 12.4. The molecule has 0 saturated heterocycles. The van der Waals surface area contributed by atoms with Gasteiger partial charge in [0.25, 0.3) is 10.0 Å². The van der Waals surface area contributed by atoms with Crippen LogP contribution in [-0.4, -0.2) is 13.5 Å². The first-order valence-electron chi connectivity index (χ1n) is 5.71. The summed E-state index contributed by atoms with van der Waals surface area (Å²) in [6.45, 7) is -0.277. The summed E-state index contributed by atoms with van der Waals surface area (Å²) >= 11 is 15.1. The van der Waals surface area contributed by atoms with E-state index in [2.05, 4.69) is 20.7 Å². The summed E-state index contributed by atoms with van der Waals surface area (Å²) in [4.78, 5) is -0.109. The minimum Gasteiger partial charge on any atom is -0.392 e. The molecule has 0 spiro atoms. The zero-order valence-corrected chi connectivity index (χ0v) is 14.4. The number of halogens is 3. The van der Waals surface area contributed by atoms with Crippen LogP contribution in [0.5, 0.6) is 0 Å². The van der Waals surface area contributed by atoms with Crippen LogP contribution < -0.4 is 4.72 Å². The summed E-state index contributed by atoms with van der Waals surface area (Å²) in [6, 6.07) is 9.12. The van der Waals surface area contributed by atoms with Gasteiger partial charge in [-0.1, -0.05) is 35.3 Å². The Labute approximate surface area is 140 Å². The van der Waals surface area contributed by atoms with Crippen LogP contribution in [0.3, 0.4) is 0 Å². The van der Waals surface area contributed by atoms with Crippen molar-refractivity contribution in [2.45, 2.75) is 11.5 Å². The second-order valence-corrected chi connectivity index (χ2v) is 7.39. The van der Waals surface area contributed by atoms with Gasteiger partial charge in [-0.25, -0.2) is 8.42 Å². The molecule has 4 nitrogen and oxygen atoms in total. The molecule has 8 heteroatoms. The molecule has 0 saturated carbocycles. The van der Waals surface area contributed by atoms with Crippen molar-refractivity contribution in [2.24, 2.45) is 0 Å². The second kappa shape index (κ2) is 6.54. The molecule has 0 amide bonds. The van der Waals surface area contributed by atoms with E-state index in [0.717, 1.165) is 0 Å². The second-order valence-electron chi connectivity index (χ2n) is 4.13. The van der Waals surface area contributed by atoms with Gasteiger partial charge in [-0.2, -0.15) is 0 Å². The molecule has 0 aliphatic rings. The predicted molar refractivity (Wildman–Crippen MR) is 87.3 cm³/mol. The highest BCUT2D eigenvalue weighted by Gasteiger charge is 2.20. The Morgan fingerprint density at radius 1 is 1.14 bits per heavy atom. The Morgan fingerprint density at radius 2 is 1.86 bits per heavy atom. The number of sulfonamides is 1. The van der Waals surface area contributed by atoms with E-state index in [1.807, 2.05) is 0 Å². The molecule has 112 valence electrons. The first kappa shape index (κ1) is 16.6. The van der Waals surface area contributed by atoms with Gasteiger partial charge in [-0.15, -0.1) is 0 Å². The van der Waals surface area contributed by atoms with Crippen LogP contribution in [-0.2, 0) is 16.6 Å². The van der Waals surface area contributed by atoms with Crippen molar-refractivity contribution in [3.8, 4) is 0 Å². The third-order valence-corrected chi connectivity index (χ3v) is 5.91. The van der Waals surface area contributed by atoms with Gasteiger partial charge in [-0.05, 0) is 45.8 Å². The average Bonchev–Trinajstić information content (AvgIpc) is 2.44. The molecular weight excluding hydrogens is 401 g/mol. The van der Waals surface area contributed by atoms with Gasteiger partial charge < -0.3 is 5.11 Å². The van der Waals surface area contributed by atoms with Crippen LogP contribution in [0.1, 0.15) is 5.56 Å². The molecule has 2 aromatic carbocycles. The molecule has 0 unspecified atom stereocenters. The lowest BCUT2D eigenvalue weighted by atomic mass is 10.2. The number of aliphatic hydroxyl groups is 1. The summed E-state index contributed by atoms with van der Waals surface area (Å²) in [7, 11) is -3.90. The van der Waals surface area contributed by atoms with E-state index in [1.54, 1.807) is 24.3 Å². The fraction of sp³-hybridized carbons (Fsp3) is 0.0769. The molecule has 0 fully saturated rings. The minimum absolute atomic E-state index is 0.0675. The minimum atomic E-state index is -3.90. The van der Waals surface area contributed by atoms with Gasteiger partial charge in [0.2, 0.25) is 0 Å². The topological polar surface area (TPSA) is 66.4 Å². The van der Waals surface area contributed by atoms with Gasteiger partial charge in [0.1, 0.15) is 4.90 Å². The van der Waals surface area contributed by atoms with Crippen LogP contribution in [0.25, 0.3) is 0 Å². The zero-order chi connectivity index (χ0) is 15.6. The Balaban J connectivity index is 2.46. The van der Waals surface area contributed by atoms with Crippen molar-refractivity contribution in [3.05, 3.63) is 56.5 Å². The summed E-state index contributed by atoms with van der Waals surface area (Å²) in [5.41, 5.74) is 0.748. The molecule has 0 aliphatic carbocycles. The number of benzene rings is 2. The lowest BCUT2D eigenvalue weighted by molar-refractivity contribution is 0.281. The fourth-order valence-corrected chi connectivity index (χ4v) is 3.93. The van der Waals surface area contributed by atoms with Crippen LogP contribution in [0.2, 0.25) is 10.0 Å². The highest BCUT2D eigenvalue weighted by Crippen LogP contribution is 2.32. The zero-order valence-electron chi connectivity index (χ0n) is 10.5. The molecule has 2 N–H and O–H groups in total. The van der Waals surface area contributed by atoms with Crippen molar-refractivity contribution in [1.82, 2.24) is 0 Å². The fourth-order valence-electron chi connectivity index (χ4n) is 1.63. The van der Waals surface area contributed by atoms with E-state index in [9.17, 15) is 8.42 Å². The molecule has 21 heavy (non-hydrogen) atoms. The third-order valence-electron chi connectivity index (χ3n) is 2.66. The average molecular weight is 411 g/mol. The van der Waals surface area contributed by atoms with E-state index in [-0.39, 0.29) is 16.5 Å². The first-order chi connectivity index (χ1) is 9.85. The SMILES string of the molecule is O=S(=O)(Nc1cccc(Cl)c1Br)c1cc(CO)ccc1Cl. The van der Waals surface area contributed by atoms with E-state index in [4.69, 9.17) is 28.3 Å². The number of hydrogen-bond donors (Lipinski definition) is 2. The lowest BCUT2D eigenvalue weighted by Gasteiger charge is -2.12. The van der Waals surface area contributed by atoms with Crippen LogP contribution in [0.4, 0.5) is 5.69 Å². The molecule has 0 aliphatic heterocycles. The Hall–Kier alpha value is -0.790. The third kappa shape index (κ3) is 3.70. The molecule has 0 heterocycles. The van der Waals surface area contributed by atoms with Crippen molar-refractivity contribution in [3.63, 3.8) is 0 Å². The highest BCUT2D eigenvalue weighted by atomic mass is 79.9. The van der Waals surface area contributed by atoms with Crippen molar-refractivity contribution in [2.75, 3.05) is 4.72 Å². The Kier molecular flexibility index (Phi) is 5.16. The first-order valence-corrected chi connectivity index (χ1v) is 8.74. The summed E-state index contributed by atoms with van der Waals surface area (Å²) in [6.07, 6.45) is 0. The van der Waals surface area contributed by atoms with E-state index >= 15 is 0 Å². The van der Waals surface area contributed by atoms with Gasteiger partial charge in [0.15, 0.2) is 0 Å². The lowest BCUT2D eigenvalue weighted by Crippen LogP contribution is -2.14. The molecule has 0 radical (unpaired) electrons. The molecule has 2 rings (SSSR count). The number of rotatable bonds is 4. The van der Waals surface area contributed by atoms with Crippen molar-refractivity contribution in [1.29, 1.82) is 0 Å².